The molecule has 0 amide bonds. The van der Waals surface area contributed by atoms with E-state index in [2.05, 4.69) is 13.8 Å². The van der Waals surface area contributed by atoms with Crippen molar-refractivity contribution in [2.45, 2.75) is 77.9 Å². The minimum absolute atomic E-state index is 0.0261. The predicted octanol–water partition coefficient (Wildman–Crippen LogP) is 4.15. The highest BCUT2D eigenvalue weighted by Gasteiger charge is 2.50. The molecule has 3 nitrogen and oxygen atoms in total. The SMILES string of the molecule is CCCC1(CCC)CCC[Si](OCC)(OCC)O1. The van der Waals surface area contributed by atoms with E-state index >= 15 is 0 Å². The molecule has 1 heterocycles. The summed E-state index contributed by atoms with van der Waals surface area (Å²) < 4.78 is 18.4. The summed E-state index contributed by atoms with van der Waals surface area (Å²) in [6.45, 7) is 9.93. The van der Waals surface area contributed by atoms with Crippen molar-refractivity contribution in [1.82, 2.24) is 0 Å². The second-order valence-corrected chi connectivity index (χ2v) is 7.84. The van der Waals surface area contributed by atoms with Gasteiger partial charge in [0.2, 0.25) is 0 Å². The van der Waals surface area contributed by atoms with Crippen molar-refractivity contribution in [3.8, 4) is 0 Å². The summed E-state index contributed by atoms with van der Waals surface area (Å²) in [6, 6.07) is 0.990. The van der Waals surface area contributed by atoms with Gasteiger partial charge in [-0.25, -0.2) is 0 Å². The van der Waals surface area contributed by atoms with Gasteiger partial charge in [0.15, 0.2) is 0 Å². The summed E-state index contributed by atoms with van der Waals surface area (Å²) >= 11 is 0. The number of hydrogen-bond acceptors (Lipinski definition) is 3. The van der Waals surface area contributed by atoms with Gasteiger partial charge >= 0.3 is 8.80 Å². The summed E-state index contributed by atoms with van der Waals surface area (Å²) in [5.41, 5.74) is 0.0261. The standard InChI is InChI=1S/C14H30O3Si/c1-5-10-14(11-6-2)12-9-13-18(17-14,15-7-3)16-8-4/h5-13H2,1-4H3. The van der Waals surface area contributed by atoms with Crippen molar-refractivity contribution in [2.24, 2.45) is 0 Å². The van der Waals surface area contributed by atoms with Gasteiger partial charge in [-0.05, 0) is 39.5 Å². The Hall–Kier alpha value is 0.0969. The van der Waals surface area contributed by atoms with E-state index in [1.165, 1.54) is 25.7 Å². The molecule has 0 spiro atoms. The van der Waals surface area contributed by atoms with E-state index < -0.39 is 8.80 Å². The maximum absolute atomic E-state index is 6.52. The molecule has 1 rings (SSSR count). The molecular weight excluding hydrogens is 244 g/mol. The first-order valence-corrected chi connectivity index (χ1v) is 9.57. The average Bonchev–Trinajstić information content (AvgIpc) is 2.30. The third kappa shape index (κ3) is 4.05. The first kappa shape index (κ1) is 16.2. The largest absolute Gasteiger partial charge is 0.501 e. The molecule has 1 saturated heterocycles. The zero-order valence-electron chi connectivity index (χ0n) is 12.6. The summed E-state index contributed by atoms with van der Waals surface area (Å²) in [6.07, 6.45) is 6.97. The lowest BCUT2D eigenvalue weighted by molar-refractivity contribution is -0.0616. The zero-order valence-corrected chi connectivity index (χ0v) is 13.6. The van der Waals surface area contributed by atoms with Crippen molar-refractivity contribution < 1.29 is 13.3 Å². The normalized spacial score (nSPS) is 22.0. The van der Waals surface area contributed by atoms with Crippen LogP contribution in [0.1, 0.15) is 66.2 Å². The maximum Gasteiger partial charge on any atom is 0.501 e. The van der Waals surface area contributed by atoms with Crippen LogP contribution in [0, 0.1) is 0 Å². The van der Waals surface area contributed by atoms with E-state index in [0.717, 1.165) is 18.9 Å². The molecule has 0 saturated carbocycles. The van der Waals surface area contributed by atoms with E-state index in [1.807, 2.05) is 13.8 Å². The van der Waals surface area contributed by atoms with Crippen LogP contribution in [-0.4, -0.2) is 27.6 Å². The molecule has 108 valence electrons. The fourth-order valence-electron chi connectivity index (χ4n) is 3.13. The molecule has 18 heavy (non-hydrogen) atoms. The molecular formula is C14H30O3Si. The van der Waals surface area contributed by atoms with Crippen molar-refractivity contribution in [3.05, 3.63) is 0 Å². The van der Waals surface area contributed by atoms with Crippen LogP contribution in [0.25, 0.3) is 0 Å². The van der Waals surface area contributed by atoms with Gasteiger partial charge in [-0.15, -0.1) is 0 Å². The molecule has 0 radical (unpaired) electrons. The topological polar surface area (TPSA) is 27.7 Å². The summed E-state index contributed by atoms with van der Waals surface area (Å²) in [7, 11) is -2.39. The Morgan fingerprint density at radius 2 is 1.56 bits per heavy atom. The zero-order chi connectivity index (χ0) is 13.5. The lowest BCUT2D eigenvalue weighted by Gasteiger charge is -2.45. The monoisotopic (exact) mass is 274 g/mol. The Labute approximate surface area is 114 Å². The molecule has 1 fully saturated rings. The van der Waals surface area contributed by atoms with Crippen LogP contribution < -0.4 is 0 Å². The van der Waals surface area contributed by atoms with Gasteiger partial charge in [0.1, 0.15) is 0 Å². The minimum atomic E-state index is -2.39. The van der Waals surface area contributed by atoms with Gasteiger partial charge in [-0.2, -0.15) is 0 Å². The first-order valence-electron chi connectivity index (χ1n) is 7.64. The highest BCUT2D eigenvalue weighted by molar-refractivity contribution is 6.61. The van der Waals surface area contributed by atoms with Crippen LogP contribution >= 0.6 is 0 Å². The fraction of sp³-hybridized carbons (Fsp3) is 1.00. The van der Waals surface area contributed by atoms with Gasteiger partial charge in [-0.3, -0.25) is 0 Å². The second kappa shape index (κ2) is 7.63. The van der Waals surface area contributed by atoms with Gasteiger partial charge < -0.3 is 13.3 Å². The first-order chi connectivity index (χ1) is 8.66. The van der Waals surface area contributed by atoms with Gasteiger partial charge in [0.25, 0.3) is 0 Å². The van der Waals surface area contributed by atoms with Crippen LogP contribution in [0.3, 0.4) is 0 Å². The van der Waals surface area contributed by atoms with E-state index in [4.69, 9.17) is 13.3 Å². The fourth-order valence-corrected chi connectivity index (χ4v) is 6.18. The minimum Gasteiger partial charge on any atom is -0.374 e. The third-order valence-corrected chi connectivity index (χ3v) is 6.79. The molecule has 1 aliphatic rings. The maximum atomic E-state index is 6.52. The van der Waals surface area contributed by atoms with Gasteiger partial charge in [-0.1, -0.05) is 26.7 Å². The molecule has 0 atom stereocenters. The molecule has 4 heteroatoms. The lowest BCUT2D eigenvalue weighted by Crippen LogP contribution is -2.56. The van der Waals surface area contributed by atoms with Crippen LogP contribution in [0.5, 0.6) is 0 Å². The van der Waals surface area contributed by atoms with Crippen LogP contribution in [-0.2, 0) is 13.3 Å². The van der Waals surface area contributed by atoms with Crippen LogP contribution in [0.4, 0.5) is 0 Å². The Morgan fingerprint density at radius 1 is 1.00 bits per heavy atom. The van der Waals surface area contributed by atoms with Crippen molar-refractivity contribution in [3.63, 3.8) is 0 Å². The van der Waals surface area contributed by atoms with E-state index in [1.54, 1.807) is 0 Å². The number of rotatable bonds is 8. The van der Waals surface area contributed by atoms with Crippen molar-refractivity contribution in [2.75, 3.05) is 13.2 Å². The smallest absolute Gasteiger partial charge is 0.374 e. The lowest BCUT2D eigenvalue weighted by atomic mass is 9.88. The van der Waals surface area contributed by atoms with Crippen molar-refractivity contribution in [1.29, 1.82) is 0 Å². The summed E-state index contributed by atoms with van der Waals surface area (Å²) in [4.78, 5) is 0. The number of hydrogen-bond donors (Lipinski definition) is 0. The highest BCUT2D eigenvalue weighted by atomic mass is 28.4. The summed E-state index contributed by atoms with van der Waals surface area (Å²) in [5, 5.41) is 0. The molecule has 0 aromatic heterocycles. The summed E-state index contributed by atoms with van der Waals surface area (Å²) in [5.74, 6) is 0. The van der Waals surface area contributed by atoms with E-state index in [9.17, 15) is 0 Å². The quantitative estimate of drug-likeness (QED) is 0.622. The molecule has 0 N–H and O–H groups in total. The Balaban J connectivity index is 2.81. The molecule has 1 aliphatic heterocycles. The molecule has 0 unspecified atom stereocenters. The van der Waals surface area contributed by atoms with Crippen molar-refractivity contribution >= 4 is 8.80 Å². The molecule has 0 bridgehead atoms. The van der Waals surface area contributed by atoms with Crippen LogP contribution in [0.15, 0.2) is 0 Å². The molecule has 0 aliphatic carbocycles. The Bertz CT molecular complexity index is 188. The van der Waals surface area contributed by atoms with E-state index in [-0.39, 0.29) is 5.60 Å². The van der Waals surface area contributed by atoms with E-state index in [0.29, 0.717) is 13.2 Å². The van der Waals surface area contributed by atoms with Gasteiger partial charge in [0, 0.05) is 19.3 Å². The molecule has 0 aromatic carbocycles. The highest BCUT2D eigenvalue weighted by Crippen LogP contribution is 2.40. The third-order valence-electron chi connectivity index (χ3n) is 3.63. The van der Waals surface area contributed by atoms with Gasteiger partial charge in [0.05, 0.1) is 5.60 Å². The molecule has 0 aromatic rings. The Morgan fingerprint density at radius 3 is 2.00 bits per heavy atom. The Kier molecular flexibility index (Phi) is 6.85. The second-order valence-electron chi connectivity index (χ2n) is 5.19. The predicted molar refractivity (Wildman–Crippen MR) is 76.7 cm³/mol. The van der Waals surface area contributed by atoms with Crippen LogP contribution in [0.2, 0.25) is 6.04 Å². The average molecular weight is 274 g/mol.